The van der Waals surface area contributed by atoms with Crippen LogP contribution < -0.4 is 5.32 Å². The van der Waals surface area contributed by atoms with E-state index in [1.165, 1.54) is 0 Å². The van der Waals surface area contributed by atoms with Crippen LogP contribution in [-0.2, 0) is 17.8 Å². The fourth-order valence-corrected chi connectivity index (χ4v) is 2.68. The van der Waals surface area contributed by atoms with Crippen LogP contribution in [0.25, 0.3) is 11.3 Å². The number of halogens is 2. The maximum atomic E-state index is 12.0. The van der Waals surface area contributed by atoms with Gasteiger partial charge in [0.05, 0.1) is 6.20 Å². The van der Waals surface area contributed by atoms with E-state index in [0.717, 1.165) is 15.6 Å². The number of oxazole rings is 1. The molecule has 6 heteroatoms. The van der Waals surface area contributed by atoms with Gasteiger partial charge in [0, 0.05) is 34.4 Å². The van der Waals surface area contributed by atoms with Crippen LogP contribution in [0.4, 0.5) is 0 Å². The van der Waals surface area contributed by atoms with Crippen molar-refractivity contribution in [2.45, 2.75) is 19.4 Å². The topological polar surface area (TPSA) is 55.1 Å². The number of amides is 1. The predicted octanol–water partition coefficient (Wildman–Crippen LogP) is 5.01. The summed E-state index contributed by atoms with van der Waals surface area (Å²) in [5, 5.41) is 3.56. The summed E-state index contributed by atoms with van der Waals surface area (Å²) in [5.74, 6) is 1.21. The third-order valence-corrected chi connectivity index (χ3v) is 4.43. The quantitative estimate of drug-likeness (QED) is 0.611. The summed E-state index contributed by atoms with van der Waals surface area (Å²) in [4.78, 5) is 16.2. The minimum absolute atomic E-state index is 0.0432. The summed E-state index contributed by atoms with van der Waals surface area (Å²) in [7, 11) is 0. The van der Waals surface area contributed by atoms with Crippen LogP contribution in [0, 0.1) is 0 Å². The number of benzene rings is 2. The number of aryl methyl sites for hydroxylation is 1. The first-order valence-corrected chi connectivity index (χ1v) is 8.99. The molecule has 1 N–H and O–H groups in total. The molecule has 128 valence electrons. The normalized spacial score (nSPS) is 10.6. The van der Waals surface area contributed by atoms with E-state index in [1.807, 2.05) is 36.4 Å². The highest BCUT2D eigenvalue weighted by atomic mass is 79.9. The Bertz CT molecular complexity index is 845. The second kappa shape index (κ2) is 8.32. The summed E-state index contributed by atoms with van der Waals surface area (Å²) in [6.07, 6.45) is 2.47. The summed E-state index contributed by atoms with van der Waals surface area (Å²) in [6.45, 7) is 0.478. The Hall–Kier alpha value is -2.11. The molecular formula is C19H16BrClN2O2. The minimum Gasteiger partial charge on any atom is -0.441 e. The summed E-state index contributed by atoms with van der Waals surface area (Å²) >= 11 is 9.24. The Balaban J connectivity index is 1.49. The van der Waals surface area contributed by atoms with Crippen LogP contribution in [0.15, 0.2) is 63.6 Å². The molecule has 1 heterocycles. The average molecular weight is 420 g/mol. The van der Waals surface area contributed by atoms with E-state index in [1.54, 1.807) is 18.3 Å². The molecule has 0 radical (unpaired) electrons. The lowest BCUT2D eigenvalue weighted by atomic mass is 10.2. The standard InChI is InChI=1S/C19H16BrClN2O2/c20-15-5-3-14(4-6-15)17-12-23-19(25-17)10-9-18(24)22-11-13-1-7-16(21)8-2-13/h1-8,12H,9-11H2,(H,22,24). The molecule has 1 aromatic heterocycles. The Morgan fingerprint density at radius 1 is 1.12 bits per heavy atom. The SMILES string of the molecule is O=C(CCc1ncc(-c2ccc(Br)cc2)o1)NCc1ccc(Cl)cc1. The molecule has 1 amide bonds. The lowest BCUT2D eigenvalue weighted by Crippen LogP contribution is -2.22. The van der Waals surface area contributed by atoms with Crippen LogP contribution in [0.5, 0.6) is 0 Å². The monoisotopic (exact) mass is 418 g/mol. The lowest BCUT2D eigenvalue weighted by molar-refractivity contribution is -0.121. The highest BCUT2D eigenvalue weighted by Gasteiger charge is 2.09. The summed E-state index contributed by atoms with van der Waals surface area (Å²) < 4.78 is 6.72. The van der Waals surface area contributed by atoms with Gasteiger partial charge in [0.25, 0.3) is 0 Å². The maximum absolute atomic E-state index is 12.0. The second-order valence-electron chi connectivity index (χ2n) is 5.53. The van der Waals surface area contributed by atoms with Crippen molar-refractivity contribution >= 4 is 33.4 Å². The number of rotatable bonds is 6. The molecule has 25 heavy (non-hydrogen) atoms. The van der Waals surface area contributed by atoms with E-state index in [9.17, 15) is 4.79 Å². The maximum Gasteiger partial charge on any atom is 0.220 e. The zero-order valence-corrected chi connectivity index (χ0v) is 15.7. The number of aromatic nitrogens is 1. The summed E-state index contributed by atoms with van der Waals surface area (Å²) in [5.41, 5.74) is 1.96. The lowest BCUT2D eigenvalue weighted by Gasteiger charge is -2.04. The van der Waals surface area contributed by atoms with E-state index in [4.69, 9.17) is 16.0 Å². The van der Waals surface area contributed by atoms with E-state index in [-0.39, 0.29) is 5.91 Å². The number of nitrogens with zero attached hydrogens (tertiary/aromatic N) is 1. The number of carbonyl (C=O) groups is 1. The second-order valence-corrected chi connectivity index (χ2v) is 6.88. The highest BCUT2D eigenvalue weighted by molar-refractivity contribution is 9.10. The Morgan fingerprint density at radius 3 is 2.56 bits per heavy atom. The fraction of sp³-hybridized carbons (Fsp3) is 0.158. The van der Waals surface area contributed by atoms with Crippen molar-refractivity contribution in [1.82, 2.24) is 10.3 Å². The Kier molecular flexibility index (Phi) is 5.89. The van der Waals surface area contributed by atoms with Crippen LogP contribution in [0.1, 0.15) is 17.9 Å². The zero-order valence-electron chi connectivity index (χ0n) is 13.3. The largest absolute Gasteiger partial charge is 0.441 e. The van der Waals surface area contributed by atoms with Gasteiger partial charge in [-0.3, -0.25) is 4.79 Å². The Labute approximate surface area is 159 Å². The van der Waals surface area contributed by atoms with Gasteiger partial charge in [0.15, 0.2) is 11.7 Å². The van der Waals surface area contributed by atoms with E-state index >= 15 is 0 Å². The van der Waals surface area contributed by atoms with Gasteiger partial charge in [-0.25, -0.2) is 4.98 Å². The number of nitrogens with one attached hydrogen (secondary N) is 1. The van der Waals surface area contributed by atoms with Crippen LogP contribution in [0.3, 0.4) is 0 Å². The van der Waals surface area contributed by atoms with Crippen molar-refractivity contribution in [3.05, 3.63) is 75.7 Å². The first-order valence-electron chi connectivity index (χ1n) is 7.82. The Morgan fingerprint density at radius 2 is 1.84 bits per heavy atom. The number of hydrogen-bond donors (Lipinski definition) is 1. The number of carbonyl (C=O) groups excluding carboxylic acids is 1. The van der Waals surface area contributed by atoms with Gasteiger partial charge in [-0.2, -0.15) is 0 Å². The molecule has 3 aromatic rings. The molecule has 0 atom stereocenters. The van der Waals surface area contributed by atoms with Crippen molar-refractivity contribution < 1.29 is 9.21 Å². The molecule has 2 aromatic carbocycles. The van der Waals surface area contributed by atoms with E-state index in [2.05, 4.69) is 26.2 Å². The molecule has 0 bridgehead atoms. The van der Waals surface area contributed by atoms with Gasteiger partial charge in [0.1, 0.15) is 0 Å². The highest BCUT2D eigenvalue weighted by Crippen LogP contribution is 2.22. The molecule has 0 saturated carbocycles. The van der Waals surface area contributed by atoms with Gasteiger partial charge < -0.3 is 9.73 Å². The third kappa shape index (κ3) is 5.18. The van der Waals surface area contributed by atoms with Crippen molar-refractivity contribution in [2.75, 3.05) is 0 Å². The van der Waals surface area contributed by atoms with Gasteiger partial charge in [-0.05, 0) is 29.8 Å². The summed E-state index contributed by atoms with van der Waals surface area (Å²) in [6, 6.07) is 15.2. The van der Waals surface area contributed by atoms with Crippen LogP contribution in [0.2, 0.25) is 5.02 Å². The van der Waals surface area contributed by atoms with Crippen molar-refractivity contribution in [3.63, 3.8) is 0 Å². The zero-order chi connectivity index (χ0) is 17.6. The molecule has 4 nitrogen and oxygen atoms in total. The van der Waals surface area contributed by atoms with Crippen LogP contribution >= 0.6 is 27.5 Å². The van der Waals surface area contributed by atoms with Crippen LogP contribution in [-0.4, -0.2) is 10.9 Å². The molecule has 0 aliphatic rings. The van der Waals surface area contributed by atoms with Gasteiger partial charge in [-0.15, -0.1) is 0 Å². The molecular weight excluding hydrogens is 404 g/mol. The molecule has 0 aliphatic heterocycles. The minimum atomic E-state index is -0.0432. The molecule has 0 fully saturated rings. The number of hydrogen-bond acceptors (Lipinski definition) is 3. The third-order valence-electron chi connectivity index (χ3n) is 3.65. The first kappa shape index (κ1) is 17.7. The molecule has 0 unspecified atom stereocenters. The molecule has 0 spiro atoms. The molecule has 3 rings (SSSR count). The molecule has 0 saturated heterocycles. The van der Waals surface area contributed by atoms with Gasteiger partial charge in [0.2, 0.25) is 5.91 Å². The predicted molar refractivity (Wildman–Crippen MR) is 101 cm³/mol. The van der Waals surface area contributed by atoms with Crippen molar-refractivity contribution in [2.24, 2.45) is 0 Å². The van der Waals surface area contributed by atoms with Crippen molar-refractivity contribution in [1.29, 1.82) is 0 Å². The van der Waals surface area contributed by atoms with Gasteiger partial charge in [-0.1, -0.05) is 51.8 Å². The first-order chi connectivity index (χ1) is 12.1. The van der Waals surface area contributed by atoms with Crippen molar-refractivity contribution in [3.8, 4) is 11.3 Å². The average Bonchev–Trinajstić information content (AvgIpc) is 3.09. The van der Waals surface area contributed by atoms with Gasteiger partial charge >= 0.3 is 0 Å². The molecule has 0 aliphatic carbocycles. The van der Waals surface area contributed by atoms with E-state index in [0.29, 0.717) is 36.1 Å². The fourth-order valence-electron chi connectivity index (χ4n) is 2.29. The van der Waals surface area contributed by atoms with E-state index < -0.39 is 0 Å². The smallest absolute Gasteiger partial charge is 0.220 e.